The molecule has 1 saturated heterocycles. The maximum Gasteiger partial charge on any atom is 0.247 e. The molecule has 1 amide bonds. The van der Waals surface area contributed by atoms with Crippen LogP contribution >= 0.6 is 0 Å². The van der Waals surface area contributed by atoms with Crippen LogP contribution in [-0.4, -0.2) is 60.8 Å². The van der Waals surface area contributed by atoms with Crippen molar-refractivity contribution in [2.24, 2.45) is 5.73 Å². The van der Waals surface area contributed by atoms with Crippen molar-refractivity contribution < 1.29 is 23.4 Å². The van der Waals surface area contributed by atoms with Crippen molar-refractivity contribution in [3.63, 3.8) is 0 Å². The maximum atomic E-state index is 11.1. The molecule has 0 aromatic heterocycles. The van der Waals surface area contributed by atoms with E-state index in [1.54, 1.807) is 0 Å². The van der Waals surface area contributed by atoms with E-state index < -0.39 is 34.0 Å². The zero-order valence-corrected chi connectivity index (χ0v) is 8.77. The molecule has 0 radical (unpaired) electrons. The fourth-order valence-corrected chi connectivity index (χ4v) is 3.16. The monoisotopic (exact) mass is 238 g/mol. The number of carbonyl (C=O) groups excluding carboxylic acids is 1. The van der Waals surface area contributed by atoms with E-state index in [0.717, 1.165) is 0 Å². The van der Waals surface area contributed by atoms with Gasteiger partial charge in [0.15, 0.2) is 9.84 Å². The fraction of sp³-hybridized carbons (Fsp3) is 0.857. The molecule has 5 N–H and O–H groups in total. The molecule has 88 valence electrons. The maximum absolute atomic E-state index is 11.1. The number of carbonyl (C=O) groups is 1. The zero-order chi connectivity index (χ0) is 11.6. The standard InChI is InChI=1S/C7H14N2O5S/c8-7(12)5(10)1-9-4-2-15(13,14)3-6(4)11/h4-6,9-11H,1-3H2,(H2,8,12). The van der Waals surface area contributed by atoms with Crippen LogP contribution in [-0.2, 0) is 14.6 Å². The summed E-state index contributed by atoms with van der Waals surface area (Å²) < 4.78 is 22.2. The Hall–Kier alpha value is -0.700. The Labute approximate surface area is 87.2 Å². The average Bonchev–Trinajstić information content (AvgIpc) is 2.35. The molecule has 7 nitrogen and oxygen atoms in total. The first-order chi connectivity index (χ1) is 6.82. The van der Waals surface area contributed by atoms with Gasteiger partial charge in [0.1, 0.15) is 6.10 Å². The first-order valence-electron chi connectivity index (χ1n) is 4.41. The van der Waals surface area contributed by atoms with E-state index >= 15 is 0 Å². The summed E-state index contributed by atoms with van der Waals surface area (Å²) in [7, 11) is -3.22. The number of aliphatic hydroxyl groups excluding tert-OH is 2. The van der Waals surface area contributed by atoms with E-state index in [-0.39, 0.29) is 18.1 Å². The summed E-state index contributed by atoms with van der Waals surface area (Å²) in [5, 5.41) is 21.0. The molecule has 0 aromatic rings. The minimum atomic E-state index is -3.22. The number of hydrogen-bond acceptors (Lipinski definition) is 6. The van der Waals surface area contributed by atoms with Crippen LogP contribution < -0.4 is 11.1 Å². The second kappa shape index (κ2) is 4.44. The van der Waals surface area contributed by atoms with Gasteiger partial charge in [-0.15, -0.1) is 0 Å². The molecule has 8 heteroatoms. The van der Waals surface area contributed by atoms with Crippen molar-refractivity contribution in [3.05, 3.63) is 0 Å². The van der Waals surface area contributed by atoms with Gasteiger partial charge in [0.25, 0.3) is 0 Å². The summed E-state index contributed by atoms with van der Waals surface area (Å²) in [6.07, 6.45) is -2.38. The molecule has 0 bridgehead atoms. The Balaban J connectivity index is 2.44. The highest BCUT2D eigenvalue weighted by molar-refractivity contribution is 7.91. The fourth-order valence-electron chi connectivity index (χ4n) is 1.39. The Bertz CT molecular complexity index is 341. The van der Waals surface area contributed by atoms with Gasteiger partial charge in [0, 0.05) is 12.6 Å². The van der Waals surface area contributed by atoms with E-state index in [2.05, 4.69) is 5.32 Å². The lowest BCUT2D eigenvalue weighted by atomic mass is 10.2. The number of primary amides is 1. The van der Waals surface area contributed by atoms with Crippen LogP contribution in [0.5, 0.6) is 0 Å². The highest BCUT2D eigenvalue weighted by Gasteiger charge is 2.36. The number of sulfone groups is 1. The van der Waals surface area contributed by atoms with Crippen LogP contribution in [0.25, 0.3) is 0 Å². The van der Waals surface area contributed by atoms with Crippen LogP contribution in [0.15, 0.2) is 0 Å². The normalized spacial score (nSPS) is 31.3. The van der Waals surface area contributed by atoms with Gasteiger partial charge in [-0.1, -0.05) is 0 Å². The summed E-state index contributed by atoms with van der Waals surface area (Å²) >= 11 is 0. The Morgan fingerprint density at radius 1 is 1.53 bits per heavy atom. The zero-order valence-electron chi connectivity index (χ0n) is 7.96. The highest BCUT2D eigenvalue weighted by atomic mass is 32.2. The third-order valence-electron chi connectivity index (χ3n) is 2.22. The van der Waals surface area contributed by atoms with Crippen molar-refractivity contribution in [2.45, 2.75) is 18.2 Å². The molecule has 1 heterocycles. The second-order valence-corrected chi connectivity index (χ2v) is 5.73. The smallest absolute Gasteiger partial charge is 0.247 e. The van der Waals surface area contributed by atoms with Gasteiger partial charge in [-0.2, -0.15) is 0 Å². The Morgan fingerprint density at radius 3 is 2.53 bits per heavy atom. The molecule has 15 heavy (non-hydrogen) atoms. The Kier molecular flexibility index (Phi) is 3.66. The van der Waals surface area contributed by atoms with Crippen LogP contribution in [0.1, 0.15) is 0 Å². The summed E-state index contributed by atoms with van der Waals surface area (Å²) in [5.74, 6) is -1.38. The molecule has 3 unspecified atom stereocenters. The third kappa shape index (κ3) is 3.42. The predicted octanol–water partition coefficient (Wildman–Crippen LogP) is -3.42. The molecular formula is C7H14N2O5S. The molecular weight excluding hydrogens is 224 g/mol. The van der Waals surface area contributed by atoms with Crippen molar-refractivity contribution in [2.75, 3.05) is 18.1 Å². The number of rotatable bonds is 4. The van der Waals surface area contributed by atoms with Crippen LogP contribution in [0.3, 0.4) is 0 Å². The molecule has 1 aliphatic rings. The van der Waals surface area contributed by atoms with Crippen molar-refractivity contribution in [3.8, 4) is 0 Å². The molecule has 1 rings (SSSR count). The summed E-state index contributed by atoms with van der Waals surface area (Å²) in [5.41, 5.74) is 4.80. The lowest BCUT2D eigenvalue weighted by Crippen LogP contribution is -2.46. The van der Waals surface area contributed by atoms with Gasteiger partial charge >= 0.3 is 0 Å². The van der Waals surface area contributed by atoms with Gasteiger partial charge < -0.3 is 21.3 Å². The Morgan fingerprint density at radius 2 is 2.13 bits per heavy atom. The quantitative estimate of drug-likeness (QED) is 0.403. The molecule has 0 aromatic carbocycles. The van der Waals surface area contributed by atoms with Crippen LogP contribution in [0.4, 0.5) is 0 Å². The highest BCUT2D eigenvalue weighted by Crippen LogP contribution is 2.12. The van der Waals surface area contributed by atoms with Crippen LogP contribution in [0, 0.1) is 0 Å². The largest absolute Gasteiger partial charge is 0.390 e. The van der Waals surface area contributed by atoms with Gasteiger partial charge in [-0.3, -0.25) is 4.79 Å². The molecule has 1 fully saturated rings. The van der Waals surface area contributed by atoms with Gasteiger partial charge in [-0.25, -0.2) is 8.42 Å². The van der Waals surface area contributed by atoms with Crippen molar-refractivity contribution in [1.29, 1.82) is 0 Å². The van der Waals surface area contributed by atoms with Gasteiger partial charge in [0.05, 0.1) is 17.6 Å². The topological polar surface area (TPSA) is 130 Å². The molecule has 1 aliphatic heterocycles. The SMILES string of the molecule is NC(=O)C(O)CNC1CS(=O)(=O)CC1O. The van der Waals surface area contributed by atoms with Gasteiger partial charge in [-0.05, 0) is 0 Å². The average molecular weight is 238 g/mol. The van der Waals surface area contributed by atoms with E-state index in [0.29, 0.717) is 0 Å². The van der Waals surface area contributed by atoms with E-state index in [9.17, 15) is 18.3 Å². The third-order valence-corrected chi connectivity index (χ3v) is 3.94. The summed E-state index contributed by atoms with van der Waals surface area (Å²) in [4.78, 5) is 10.5. The minimum absolute atomic E-state index is 0.160. The first-order valence-corrected chi connectivity index (χ1v) is 6.23. The predicted molar refractivity (Wildman–Crippen MR) is 51.7 cm³/mol. The first kappa shape index (κ1) is 12.4. The summed E-state index contributed by atoms with van der Waals surface area (Å²) in [6, 6.07) is -0.649. The van der Waals surface area contributed by atoms with E-state index in [1.807, 2.05) is 0 Å². The number of aliphatic hydroxyl groups is 2. The number of hydrogen-bond donors (Lipinski definition) is 4. The molecule has 0 saturated carbocycles. The summed E-state index contributed by atoms with van der Waals surface area (Å²) in [6.45, 7) is -0.160. The van der Waals surface area contributed by atoms with E-state index in [4.69, 9.17) is 10.8 Å². The number of amides is 1. The van der Waals surface area contributed by atoms with Crippen molar-refractivity contribution in [1.82, 2.24) is 5.32 Å². The number of nitrogens with two attached hydrogens (primary N) is 1. The van der Waals surface area contributed by atoms with Crippen LogP contribution in [0.2, 0.25) is 0 Å². The van der Waals surface area contributed by atoms with E-state index in [1.165, 1.54) is 0 Å². The van der Waals surface area contributed by atoms with Crippen molar-refractivity contribution >= 4 is 15.7 Å². The number of nitrogens with one attached hydrogen (secondary N) is 1. The van der Waals surface area contributed by atoms with Gasteiger partial charge in [0.2, 0.25) is 5.91 Å². The minimum Gasteiger partial charge on any atom is -0.390 e. The second-order valence-electron chi connectivity index (χ2n) is 3.58. The molecule has 3 atom stereocenters. The molecule has 0 aliphatic carbocycles. The lowest BCUT2D eigenvalue weighted by Gasteiger charge is -2.16. The molecule has 0 spiro atoms. The lowest BCUT2D eigenvalue weighted by molar-refractivity contribution is -0.125.